The molecule has 6 heteroatoms. The molecule has 0 amide bonds. The lowest BCUT2D eigenvalue weighted by Gasteiger charge is -2.06. The van der Waals surface area contributed by atoms with Crippen LogP contribution >= 0.6 is 15.9 Å². The number of carbonyl (C=O) groups is 1. The van der Waals surface area contributed by atoms with Crippen LogP contribution in [0.1, 0.15) is 15.9 Å². The van der Waals surface area contributed by atoms with Gasteiger partial charge in [0.05, 0.1) is 18.4 Å². The number of carbonyl (C=O) groups excluding carboxylic acids is 1. The van der Waals surface area contributed by atoms with Crippen molar-refractivity contribution in [3.8, 4) is 0 Å². The first-order valence-corrected chi connectivity index (χ1v) is 6.55. The van der Waals surface area contributed by atoms with Crippen LogP contribution in [0.4, 0.5) is 5.69 Å². The summed E-state index contributed by atoms with van der Waals surface area (Å²) in [5.41, 5.74) is 7.64. The van der Waals surface area contributed by atoms with Crippen LogP contribution in [0.15, 0.2) is 35.1 Å². The molecule has 2 aromatic rings. The fraction of sp³-hybridized carbons (Fsp3) is 0.231. The van der Waals surface area contributed by atoms with Gasteiger partial charge in [-0.05, 0) is 39.7 Å². The predicted molar refractivity (Wildman–Crippen MR) is 75.7 cm³/mol. The van der Waals surface area contributed by atoms with Crippen molar-refractivity contribution in [3.05, 3.63) is 46.2 Å². The summed E-state index contributed by atoms with van der Waals surface area (Å²) in [6.07, 6.45) is 4.29. The molecule has 1 heterocycles. The molecule has 19 heavy (non-hydrogen) atoms. The van der Waals surface area contributed by atoms with E-state index in [1.807, 2.05) is 13.2 Å². The summed E-state index contributed by atoms with van der Waals surface area (Å²) >= 11 is 3.30. The van der Waals surface area contributed by atoms with Gasteiger partial charge in [0.25, 0.3) is 0 Å². The van der Waals surface area contributed by atoms with Gasteiger partial charge in [-0.3, -0.25) is 4.68 Å². The summed E-state index contributed by atoms with van der Waals surface area (Å²) in [5.74, 6) is -0.386. The average molecular weight is 324 g/mol. The lowest BCUT2D eigenvalue weighted by molar-refractivity contribution is 0.0508. The smallest absolute Gasteiger partial charge is 0.339 e. The van der Waals surface area contributed by atoms with E-state index in [-0.39, 0.29) is 5.97 Å². The molecule has 0 aliphatic carbocycles. The monoisotopic (exact) mass is 323 g/mol. The van der Waals surface area contributed by atoms with Crippen LogP contribution in [0, 0.1) is 0 Å². The van der Waals surface area contributed by atoms with Crippen molar-refractivity contribution in [1.29, 1.82) is 0 Å². The second-order valence-electron chi connectivity index (χ2n) is 4.15. The number of aromatic nitrogens is 2. The maximum atomic E-state index is 11.9. The lowest BCUT2D eigenvalue weighted by Crippen LogP contribution is -2.09. The molecule has 0 spiro atoms. The first-order valence-electron chi connectivity index (χ1n) is 5.76. The summed E-state index contributed by atoms with van der Waals surface area (Å²) in [7, 11) is 1.85. The van der Waals surface area contributed by atoms with Crippen LogP contribution in [0.2, 0.25) is 0 Å². The Bertz CT molecular complexity index is 595. The fourth-order valence-electron chi connectivity index (χ4n) is 1.64. The molecule has 2 N–H and O–H groups in total. The third-order valence-corrected chi connectivity index (χ3v) is 3.28. The number of benzene rings is 1. The predicted octanol–water partition coefficient (Wildman–Crippen LogP) is 2.16. The molecule has 2 rings (SSSR count). The number of nitrogen functional groups attached to an aromatic ring is 1. The maximum absolute atomic E-state index is 11.9. The van der Waals surface area contributed by atoms with Gasteiger partial charge in [0.1, 0.15) is 0 Å². The highest BCUT2D eigenvalue weighted by molar-refractivity contribution is 9.10. The van der Waals surface area contributed by atoms with E-state index in [1.54, 1.807) is 29.1 Å². The van der Waals surface area contributed by atoms with E-state index >= 15 is 0 Å². The molecule has 1 aromatic heterocycles. The summed E-state index contributed by atoms with van der Waals surface area (Å²) in [4.78, 5) is 11.9. The normalized spacial score (nSPS) is 10.4. The van der Waals surface area contributed by atoms with E-state index in [0.29, 0.717) is 28.8 Å². The van der Waals surface area contributed by atoms with Crippen molar-refractivity contribution in [2.24, 2.45) is 7.05 Å². The first kappa shape index (κ1) is 13.6. The number of nitrogens with two attached hydrogens (primary N) is 1. The Morgan fingerprint density at radius 2 is 2.32 bits per heavy atom. The molecular formula is C13H14BrN3O2. The summed E-state index contributed by atoms with van der Waals surface area (Å²) in [5, 5.41) is 4.05. The summed E-state index contributed by atoms with van der Waals surface area (Å²) in [6.45, 7) is 0.311. The molecule has 0 aliphatic rings. The van der Waals surface area contributed by atoms with Crippen molar-refractivity contribution in [3.63, 3.8) is 0 Å². The van der Waals surface area contributed by atoms with Crippen molar-refractivity contribution < 1.29 is 9.53 Å². The Morgan fingerprint density at radius 1 is 1.53 bits per heavy atom. The zero-order valence-corrected chi connectivity index (χ0v) is 12.1. The van der Waals surface area contributed by atoms with Gasteiger partial charge in [0.2, 0.25) is 0 Å². The number of anilines is 1. The highest BCUT2D eigenvalue weighted by Gasteiger charge is 2.11. The van der Waals surface area contributed by atoms with Crippen molar-refractivity contribution in [2.75, 3.05) is 12.3 Å². The van der Waals surface area contributed by atoms with Gasteiger partial charge in [-0.15, -0.1) is 0 Å². The minimum Gasteiger partial charge on any atom is -0.462 e. The van der Waals surface area contributed by atoms with E-state index in [4.69, 9.17) is 10.5 Å². The number of ether oxygens (including phenoxy) is 1. The topological polar surface area (TPSA) is 70.1 Å². The number of hydrogen-bond donors (Lipinski definition) is 1. The average Bonchev–Trinajstić information content (AvgIpc) is 2.78. The zero-order valence-electron chi connectivity index (χ0n) is 10.5. The Kier molecular flexibility index (Phi) is 4.21. The van der Waals surface area contributed by atoms with Gasteiger partial charge in [-0.1, -0.05) is 0 Å². The molecule has 0 aliphatic heterocycles. The number of halogens is 1. The van der Waals surface area contributed by atoms with E-state index in [2.05, 4.69) is 21.0 Å². The third kappa shape index (κ3) is 3.57. The minimum atomic E-state index is -0.386. The van der Waals surface area contributed by atoms with Crippen molar-refractivity contribution >= 4 is 27.6 Å². The SMILES string of the molecule is Cn1cc(CCOC(=O)c2cc(N)ccc2Br)cn1. The van der Waals surface area contributed by atoms with Crippen LogP contribution in [0.25, 0.3) is 0 Å². The van der Waals surface area contributed by atoms with Crippen LogP contribution in [-0.4, -0.2) is 22.4 Å². The van der Waals surface area contributed by atoms with Gasteiger partial charge < -0.3 is 10.5 Å². The number of nitrogens with zero attached hydrogens (tertiary/aromatic N) is 2. The molecule has 0 radical (unpaired) electrons. The molecule has 0 atom stereocenters. The van der Waals surface area contributed by atoms with Gasteiger partial charge in [0, 0.05) is 29.8 Å². The molecule has 0 unspecified atom stereocenters. The van der Waals surface area contributed by atoms with Gasteiger partial charge in [-0.25, -0.2) is 4.79 Å². The Balaban J connectivity index is 1.92. The second kappa shape index (κ2) is 5.88. The van der Waals surface area contributed by atoms with E-state index < -0.39 is 0 Å². The highest BCUT2D eigenvalue weighted by atomic mass is 79.9. The maximum Gasteiger partial charge on any atom is 0.339 e. The second-order valence-corrected chi connectivity index (χ2v) is 5.00. The first-order chi connectivity index (χ1) is 9.06. The molecule has 100 valence electrons. The Morgan fingerprint density at radius 3 is 3.00 bits per heavy atom. The van der Waals surface area contributed by atoms with E-state index in [9.17, 15) is 4.79 Å². The lowest BCUT2D eigenvalue weighted by atomic mass is 10.2. The molecule has 5 nitrogen and oxygen atoms in total. The highest BCUT2D eigenvalue weighted by Crippen LogP contribution is 2.20. The molecule has 1 aromatic carbocycles. The van der Waals surface area contributed by atoms with Crippen LogP contribution in [0.5, 0.6) is 0 Å². The molecule has 0 saturated heterocycles. The quantitative estimate of drug-likeness (QED) is 0.691. The molecule has 0 fully saturated rings. The molecule has 0 bridgehead atoms. The van der Waals surface area contributed by atoms with Gasteiger partial charge in [0.15, 0.2) is 0 Å². The molecular weight excluding hydrogens is 310 g/mol. The van der Waals surface area contributed by atoms with Crippen LogP contribution < -0.4 is 5.73 Å². The van der Waals surface area contributed by atoms with Gasteiger partial charge in [-0.2, -0.15) is 5.10 Å². The van der Waals surface area contributed by atoms with Gasteiger partial charge >= 0.3 is 5.97 Å². The van der Waals surface area contributed by atoms with Crippen molar-refractivity contribution in [2.45, 2.75) is 6.42 Å². The number of esters is 1. The van der Waals surface area contributed by atoms with Crippen LogP contribution in [0.3, 0.4) is 0 Å². The standard InChI is InChI=1S/C13H14BrN3O2/c1-17-8-9(7-16-17)4-5-19-13(18)11-6-10(15)2-3-12(11)14/h2-3,6-8H,4-5,15H2,1H3. The Labute approximate surface area is 119 Å². The van der Waals surface area contributed by atoms with E-state index in [0.717, 1.165) is 5.56 Å². The summed E-state index contributed by atoms with van der Waals surface area (Å²) in [6, 6.07) is 5.04. The summed E-state index contributed by atoms with van der Waals surface area (Å²) < 4.78 is 7.60. The third-order valence-electron chi connectivity index (χ3n) is 2.59. The van der Waals surface area contributed by atoms with Crippen LogP contribution in [-0.2, 0) is 18.2 Å². The van der Waals surface area contributed by atoms with Crippen molar-refractivity contribution in [1.82, 2.24) is 9.78 Å². The minimum absolute atomic E-state index is 0.311. The largest absolute Gasteiger partial charge is 0.462 e. The van der Waals surface area contributed by atoms with E-state index in [1.165, 1.54) is 0 Å². The molecule has 0 saturated carbocycles. The Hall–Kier alpha value is -1.82. The number of rotatable bonds is 4. The number of hydrogen-bond acceptors (Lipinski definition) is 4. The number of aryl methyl sites for hydroxylation is 1. The fourth-order valence-corrected chi connectivity index (χ4v) is 2.05. The zero-order chi connectivity index (χ0) is 13.8.